The summed E-state index contributed by atoms with van der Waals surface area (Å²) in [6.45, 7) is 6.00. The summed E-state index contributed by atoms with van der Waals surface area (Å²) in [4.78, 5) is 0. The number of benzene rings is 1. The lowest BCUT2D eigenvalue weighted by molar-refractivity contribution is 0.323. The van der Waals surface area contributed by atoms with Gasteiger partial charge in [-0.05, 0) is 0 Å². The van der Waals surface area contributed by atoms with Gasteiger partial charge in [0.2, 0.25) is 5.75 Å². The Bertz CT molecular complexity index is 498. The number of hydrogen-bond acceptors (Lipinski definition) is 5. The second kappa shape index (κ2) is 7.59. The molecule has 0 fully saturated rings. The molecule has 0 amide bonds. The van der Waals surface area contributed by atoms with E-state index in [0.717, 1.165) is 0 Å². The molecule has 0 unspecified atom stereocenters. The van der Waals surface area contributed by atoms with E-state index in [1.54, 1.807) is 0 Å². The van der Waals surface area contributed by atoms with Gasteiger partial charge in [0.25, 0.3) is 0 Å². The Morgan fingerprint density at radius 2 is 1.50 bits per heavy atom. The van der Waals surface area contributed by atoms with Gasteiger partial charge in [0.05, 0.1) is 26.9 Å². The van der Waals surface area contributed by atoms with Gasteiger partial charge in [-0.15, -0.1) is 13.2 Å². The predicted octanol–water partition coefficient (Wildman–Crippen LogP) is 2.26. The van der Waals surface area contributed by atoms with Crippen LogP contribution in [0.25, 0.3) is 0 Å². The van der Waals surface area contributed by atoms with Crippen molar-refractivity contribution in [2.45, 2.75) is 0 Å². The first-order valence-corrected chi connectivity index (χ1v) is 4.86. The molecule has 0 atom stereocenters. The Morgan fingerprint density at radius 1 is 0.944 bits per heavy atom. The van der Waals surface area contributed by atoms with Gasteiger partial charge in [-0.1, -0.05) is 0 Å². The Kier molecular flexibility index (Phi) is 6.47. The smallest absolute Gasteiger partial charge is 0.204 e. The number of hydrogen-bond donors (Lipinski definition) is 0. The van der Waals surface area contributed by atoms with Gasteiger partial charge in [0.1, 0.15) is 17.7 Å². The van der Waals surface area contributed by atoms with Gasteiger partial charge in [0.15, 0.2) is 11.5 Å². The van der Waals surface area contributed by atoms with E-state index < -0.39 is 0 Å². The Labute approximate surface area is 106 Å². The second-order valence-corrected chi connectivity index (χ2v) is 2.79. The van der Waals surface area contributed by atoms with Crippen LogP contribution in [0.15, 0.2) is 19.2 Å². The summed E-state index contributed by atoms with van der Waals surface area (Å²) in [6.07, 6.45) is 0. The molecule has 94 valence electrons. The summed E-state index contributed by atoms with van der Waals surface area (Å²) in [7, 11) is 4.29. The lowest BCUT2D eigenvalue weighted by Crippen LogP contribution is -1.99. The van der Waals surface area contributed by atoms with Crippen LogP contribution in [-0.4, -0.2) is 21.3 Å². The van der Waals surface area contributed by atoms with Gasteiger partial charge in [-0.3, -0.25) is 0 Å². The van der Waals surface area contributed by atoms with E-state index in [1.807, 2.05) is 12.1 Å². The van der Waals surface area contributed by atoms with E-state index >= 15 is 0 Å². The van der Waals surface area contributed by atoms with Crippen molar-refractivity contribution >= 4 is 0 Å². The quantitative estimate of drug-likeness (QED) is 0.764. The van der Waals surface area contributed by atoms with E-state index in [4.69, 9.17) is 24.7 Å². The molecule has 5 heteroatoms. The zero-order valence-corrected chi connectivity index (χ0v) is 10.6. The van der Waals surface area contributed by atoms with Crippen LogP contribution in [0.5, 0.6) is 17.2 Å². The standard InChI is InChI=1S/C11H10N2O3.C2H4/c1-14-9-4-7(5-12)8(6-13)10(15-2)11(9)16-3;1-2/h4H,1-3H3;1-2H2. The van der Waals surface area contributed by atoms with Crippen molar-refractivity contribution in [1.29, 1.82) is 10.5 Å². The Hall–Kier alpha value is -2.66. The monoisotopic (exact) mass is 246 g/mol. The van der Waals surface area contributed by atoms with Crippen LogP contribution in [0.1, 0.15) is 11.1 Å². The first kappa shape index (κ1) is 15.3. The van der Waals surface area contributed by atoms with Gasteiger partial charge >= 0.3 is 0 Å². The van der Waals surface area contributed by atoms with Crippen molar-refractivity contribution < 1.29 is 14.2 Å². The topological polar surface area (TPSA) is 75.3 Å². The highest BCUT2D eigenvalue weighted by molar-refractivity contribution is 5.66. The highest BCUT2D eigenvalue weighted by atomic mass is 16.5. The molecule has 1 aromatic rings. The molecule has 0 saturated carbocycles. The fourth-order valence-corrected chi connectivity index (χ4v) is 1.36. The molecule has 0 radical (unpaired) electrons. The molecule has 0 N–H and O–H groups in total. The summed E-state index contributed by atoms with van der Waals surface area (Å²) in [6, 6.07) is 5.26. The van der Waals surface area contributed by atoms with Crippen molar-refractivity contribution in [3.05, 3.63) is 30.4 Å². The zero-order chi connectivity index (χ0) is 14.1. The summed E-state index contributed by atoms with van der Waals surface area (Å²) in [5, 5.41) is 17.9. The van der Waals surface area contributed by atoms with Crippen LogP contribution in [0.3, 0.4) is 0 Å². The van der Waals surface area contributed by atoms with Crippen molar-refractivity contribution in [2.24, 2.45) is 0 Å². The van der Waals surface area contributed by atoms with Gasteiger partial charge < -0.3 is 14.2 Å². The number of methoxy groups -OCH3 is 3. The second-order valence-electron chi connectivity index (χ2n) is 2.79. The average Bonchev–Trinajstić information content (AvgIpc) is 2.46. The third-order valence-electron chi connectivity index (χ3n) is 2.06. The number of ether oxygens (including phenoxy) is 3. The van der Waals surface area contributed by atoms with Crippen LogP contribution in [0.4, 0.5) is 0 Å². The average molecular weight is 246 g/mol. The van der Waals surface area contributed by atoms with Gasteiger partial charge in [0, 0.05) is 6.07 Å². The zero-order valence-electron chi connectivity index (χ0n) is 10.6. The predicted molar refractivity (Wildman–Crippen MR) is 66.8 cm³/mol. The fourth-order valence-electron chi connectivity index (χ4n) is 1.36. The molecule has 0 aliphatic carbocycles. The molecule has 0 heterocycles. The van der Waals surface area contributed by atoms with Crippen LogP contribution >= 0.6 is 0 Å². The van der Waals surface area contributed by atoms with Crippen molar-refractivity contribution in [3.63, 3.8) is 0 Å². The van der Waals surface area contributed by atoms with Crippen LogP contribution in [-0.2, 0) is 0 Å². The molecule has 1 aromatic carbocycles. The Balaban J connectivity index is 0.00000137. The maximum absolute atomic E-state index is 8.97. The summed E-state index contributed by atoms with van der Waals surface area (Å²) >= 11 is 0. The number of rotatable bonds is 3. The van der Waals surface area contributed by atoms with Crippen LogP contribution < -0.4 is 14.2 Å². The van der Waals surface area contributed by atoms with Crippen LogP contribution in [0.2, 0.25) is 0 Å². The summed E-state index contributed by atoms with van der Waals surface area (Å²) in [5.41, 5.74) is 0.333. The molecule has 5 nitrogen and oxygen atoms in total. The highest BCUT2D eigenvalue weighted by Crippen LogP contribution is 2.41. The molecule has 0 spiro atoms. The van der Waals surface area contributed by atoms with E-state index in [0.29, 0.717) is 11.5 Å². The SMILES string of the molecule is C=C.COc1cc(C#N)c(C#N)c(OC)c1OC. The normalized spacial score (nSPS) is 8.06. The lowest BCUT2D eigenvalue weighted by atomic mass is 10.1. The molecule has 0 bridgehead atoms. The first-order valence-electron chi connectivity index (χ1n) is 4.86. The molecule has 18 heavy (non-hydrogen) atoms. The third kappa shape index (κ3) is 2.72. The fraction of sp³-hybridized carbons (Fsp3) is 0.231. The maximum atomic E-state index is 8.97. The van der Waals surface area contributed by atoms with E-state index in [2.05, 4.69) is 13.2 Å². The maximum Gasteiger partial charge on any atom is 0.204 e. The van der Waals surface area contributed by atoms with Crippen molar-refractivity contribution in [1.82, 2.24) is 0 Å². The minimum absolute atomic E-state index is 0.141. The minimum atomic E-state index is 0.141. The van der Waals surface area contributed by atoms with E-state index in [9.17, 15) is 0 Å². The molecule has 0 aliphatic heterocycles. The number of nitriles is 2. The molecule has 1 rings (SSSR count). The molecule has 0 saturated heterocycles. The van der Waals surface area contributed by atoms with E-state index in [-0.39, 0.29) is 16.9 Å². The molecule has 0 aromatic heterocycles. The molecule has 0 aliphatic rings. The third-order valence-corrected chi connectivity index (χ3v) is 2.06. The largest absolute Gasteiger partial charge is 0.493 e. The summed E-state index contributed by atoms with van der Waals surface area (Å²) in [5.74, 6) is 0.872. The first-order chi connectivity index (χ1) is 8.73. The minimum Gasteiger partial charge on any atom is -0.493 e. The van der Waals surface area contributed by atoms with Gasteiger partial charge in [-0.2, -0.15) is 10.5 Å². The lowest BCUT2D eigenvalue weighted by Gasteiger charge is -2.13. The Morgan fingerprint density at radius 3 is 1.83 bits per heavy atom. The summed E-state index contributed by atoms with van der Waals surface area (Å²) < 4.78 is 15.2. The van der Waals surface area contributed by atoms with Crippen LogP contribution in [0, 0.1) is 22.7 Å². The van der Waals surface area contributed by atoms with Crippen molar-refractivity contribution in [3.8, 4) is 29.4 Å². The van der Waals surface area contributed by atoms with E-state index in [1.165, 1.54) is 27.4 Å². The van der Waals surface area contributed by atoms with Crippen molar-refractivity contribution in [2.75, 3.05) is 21.3 Å². The van der Waals surface area contributed by atoms with Gasteiger partial charge in [-0.25, -0.2) is 0 Å². The molecular formula is C13H14N2O3. The highest BCUT2D eigenvalue weighted by Gasteiger charge is 2.20. The molecular weight excluding hydrogens is 232 g/mol. The number of nitrogens with zero attached hydrogens (tertiary/aromatic N) is 2.